The zero-order chi connectivity index (χ0) is 17.0. The highest BCUT2D eigenvalue weighted by Gasteiger charge is 2.23. The zero-order valence-electron chi connectivity index (χ0n) is 12.0. The third-order valence-electron chi connectivity index (χ3n) is 3.16. The highest BCUT2D eigenvalue weighted by molar-refractivity contribution is 7.89. The minimum absolute atomic E-state index is 0.0642. The van der Waals surface area contributed by atoms with Crippen molar-refractivity contribution >= 4 is 45.0 Å². The van der Waals surface area contributed by atoms with Crippen LogP contribution in [0.1, 0.15) is 6.42 Å². The van der Waals surface area contributed by atoms with Crippen molar-refractivity contribution in [3.63, 3.8) is 0 Å². The van der Waals surface area contributed by atoms with Crippen molar-refractivity contribution in [2.75, 3.05) is 7.11 Å². The van der Waals surface area contributed by atoms with Gasteiger partial charge in [-0.3, -0.25) is 9.59 Å². The molecule has 0 amide bonds. The average molecular weight is 354 g/mol. The predicted octanol–water partition coefficient (Wildman–Crippen LogP) is 1.76. The molecule has 2 rings (SSSR count). The number of fused-ring (bicyclic) bond motifs is 1. The number of hydrogen-bond donors (Lipinski definition) is 1. The summed E-state index contributed by atoms with van der Waals surface area (Å²) in [6.45, 7) is 0. The lowest BCUT2D eigenvalue weighted by atomic mass is 10.1. The molecule has 120 valence electrons. The lowest BCUT2D eigenvalue weighted by Crippen LogP contribution is -2.36. The van der Waals surface area contributed by atoms with Crippen molar-refractivity contribution in [3.05, 3.63) is 35.4 Å². The summed E-state index contributed by atoms with van der Waals surface area (Å²) in [5.41, 5.74) is 0. The maximum absolute atomic E-state index is 12.5. The molecule has 0 aromatic heterocycles. The molecule has 8 heteroatoms. The van der Waals surface area contributed by atoms with Gasteiger partial charge in [0.05, 0.1) is 23.1 Å². The Morgan fingerprint density at radius 3 is 2.57 bits per heavy atom. The fourth-order valence-electron chi connectivity index (χ4n) is 2.11. The van der Waals surface area contributed by atoms with Crippen LogP contribution < -0.4 is 9.46 Å². The molecule has 0 spiro atoms. The second kappa shape index (κ2) is 7.08. The van der Waals surface area contributed by atoms with Crippen molar-refractivity contribution in [2.24, 2.45) is 0 Å². The first kappa shape index (κ1) is 17.4. The summed E-state index contributed by atoms with van der Waals surface area (Å²) in [6, 6.07) is 6.36. The number of carbonyl (C=O) groups excluding carboxylic acids is 2. The van der Waals surface area contributed by atoms with Crippen molar-refractivity contribution in [2.45, 2.75) is 17.4 Å². The molecule has 2 aromatic carbocycles. The molecule has 2 aromatic rings. The van der Waals surface area contributed by atoms with Gasteiger partial charge in [-0.25, -0.2) is 8.42 Å². The largest absolute Gasteiger partial charge is 0.495 e. The van der Waals surface area contributed by atoms with Crippen LogP contribution >= 0.6 is 11.6 Å². The SMILES string of the molecule is COc1ccc2c(S(=O)(=O)N[C@H]([C]=O)C[C]=O)cccc2c1Cl. The van der Waals surface area contributed by atoms with Crippen molar-refractivity contribution in [1.29, 1.82) is 0 Å². The monoisotopic (exact) mass is 353 g/mol. The zero-order valence-corrected chi connectivity index (χ0v) is 13.6. The van der Waals surface area contributed by atoms with Gasteiger partial charge in [0.1, 0.15) is 5.75 Å². The predicted molar refractivity (Wildman–Crippen MR) is 85.6 cm³/mol. The Morgan fingerprint density at radius 1 is 1.22 bits per heavy atom. The smallest absolute Gasteiger partial charge is 0.241 e. The Balaban J connectivity index is 2.57. The lowest BCUT2D eigenvalue weighted by molar-refractivity contribution is 0.415. The van der Waals surface area contributed by atoms with Gasteiger partial charge >= 0.3 is 0 Å². The second-order valence-electron chi connectivity index (χ2n) is 4.57. The standard InChI is InChI=1S/C15H12ClNO5S/c1-22-13-6-5-11-12(15(13)16)3-2-4-14(11)23(20,21)17-10(9-19)7-8-18/h2-6,10,17H,7H2,1H3/t10-/m0/s1. The van der Waals surface area contributed by atoms with Gasteiger partial charge in [-0.1, -0.05) is 23.7 Å². The van der Waals surface area contributed by atoms with Gasteiger partial charge in [-0.05, 0) is 18.2 Å². The van der Waals surface area contributed by atoms with Crippen LogP contribution in [0.5, 0.6) is 5.75 Å². The summed E-state index contributed by atoms with van der Waals surface area (Å²) in [5, 5.41) is 1.13. The van der Waals surface area contributed by atoms with E-state index in [1.165, 1.54) is 31.8 Å². The fourth-order valence-corrected chi connectivity index (χ4v) is 3.77. The highest BCUT2D eigenvalue weighted by Crippen LogP contribution is 2.35. The fraction of sp³-hybridized carbons (Fsp3) is 0.200. The summed E-state index contributed by atoms with van der Waals surface area (Å²) >= 11 is 6.19. The van der Waals surface area contributed by atoms with E-state index in [-0.39, 0.29) is 9.92 Å². The van der Waals surface area contributed by atoms with Gasteiger partial charge in [0.15, 0.2) is 0 Å². The molecule has 0 aliphatic heterocycles. The number of nitrogens with one attached hydrogen (secondary N) is 1. The molecule has 6 nitrogen and oxygen atoms in total. The van der Waals surface area contributed by atoms with Crippen LogP contribution in [0.3, 0.4) is 0 Å². The van der Waals surface area contributed by atoms with Crippen molar-refractivity contribution < 1.29 is 22.7 Å². The van der Waals surface area contributed by atoms with Crippen LogP contribution in [-0.4, -0.2) is 34.1 Å². The van der Waals surface area contributed by atoms with E-state index >= 15 is 0 Å². The van der Waals surface area contributed by atoms with Crippen LogP contribution in [0, 0.1) is 0 Å². The van der Waals surface area contributed by atoms with E-state index in [4.69, 9.17) is 16.3 Å². The molecule has 2 radical (unpaired) electrons. The third kappa shape index (κ3) is 3.52. The normalized spacial score (nSPS) is 12.8. The number of benzene rings is 2. The quantitative estimate of drug-likeness (QED) is 0.819. The average Bonchev–Trinajstić information content (AvgIpc) is 2.54. The molecule has 0 saturated carbocycles. The number of halogens is 1. The first-order chi connectivity index (χ1) is 10.9. The maximum Gasteiger partial charge on any atom is 0.241 e. The summed E-state index contributed by atoms with van der Waals surface area (Å²) in [6.07, 6.45) is 2.52. The summed E-state index contributed by atoms with van der Waals surface area (Å²) < 4.78 is 32.1. The molecular weight excluding hydrogens is 342 g/mol. The van der Waals surface area contributed by atoms with Gasteiger partial charge in [0.25, 0.3) is 0 Å². The van der Waals surface area contributed by atoms with Gasteiger partial charge in [0.2, 0.25) is 22.6 Å². The Labute approximate surface area is 138 Å². The number of hydrogen-bond acceptors (Lipinski definition) is 5. The molecule has 0 aliphatic carbocycles. The Bertz CT molecular complexity index is 850. The van der Waals surface area contributed by atoms with E-state index in [1.807, 2.05) is 0 Å². The van der Waals surface area contributed by atoms with Crippen LogP contribution in [-0.2, 0) is 19.6 Å². The van der Waals surface area contributed by atoms with E-state index in [0.29, 0.717) is 16.5 Å². The van der Waals surface area contributed by atoms with E-state index < -0.39 is 22.5 Å². The van der Waals surface area contributed by atoms with Crippen LogP contribution in [0.2, 0.25) is 5.02 Å². The molecule has 0 fully saturated rings. The van der Waals surface area contributed by atoms with Gasteiger partial charge in [-0.2, -0.15) is 4.72 Å². The lowest BCUT2D eigenvalue weighted by Gasteiger charge is -2.13. The maximum atomic E-state index is 12.5. The molecule has 0 bridgehead atoms. The van der Waals surface area contributed by atoms with Gasteiger partial charge in [-0.15, -0.1) is 0 Å². The number of rotatable bonds is 7. The summed E-state index contributed by atoms with van der Waals surface area (Å²) in [4.78, 5) is 21.0. The molecule has 1 N–H and O–H groups in total. The van der Waals surface area contributed by atoms with Crippen LogP contribution in [0.25, 0.3) is 10.8 Å². The Kier molecular flexibility index (Phi) is 5.35. The highest BCUT2D eigenvalue weighted by atomic mass is 35.5. The van der Waals surface area contributed by atoms with E-state index in [2.05, 4.69) is 4.72 Å². The third-order valence-corrected chi connectivity index (χ3v) is 5.08. The molecule has 23 heavy (non-hydrogen) atoms. The van der Waals surface area contributed by atoms with Crippen molar-refractivity contribution in [1.82, 2.24) is 4.72 Å². The molecule has 0 saturated heterocycles. The second-order valence-corrected chi connectivity index (χ2v) is 6.63. The first-order valence-electron chi connectivity index (χ1n) is 6.45. The minimum Gasteiger partial charge on any atom is -0.495 e. The molecule has 0 heterocycles. The van der Waals surface area contributed by atoms with Gasteiger partial charge in [0, 0.05) is 17.2 Å². The Hall–Kier alpha value is -1.96. The minimum atomic E-state index is -4.05. The van der Waals surface area contributed by atoms with Crippen LogP contribution in [0.15, 0.2) is 35.2 Å². The number of ether oxygens (including phenoxy) is 1. The van der Waals surface area contributed by atoms with E-state index in [1.54, 1.807) is 18.2 Å². The van der Waals surface area contributed by atoms with Gasteiger partial charge < -0.3 is 4.74 Å². The molecule has 0 unspecified atom stereocenters. The summed E-state index contributed by atoms with van der Waals surface area (Å²) in [5.74, 6) is 0.413. The van der Waals surface area contributed by atoms with Crippen LogP contribution in [0.4, 0.5) is 0 Å². The number of methoxy groups -OCH3 is 1. The first-order valence-corrected chi connectivity index (χ1v) is 8.31. The van der Waals surface area contributed by atoms with Crippen molar-refractivity contribution in [3.8, 4) is 5.75 Å². The topological polar surface area (TPSA) is 89.5 Å². The molecule has 1 atom stereocenters. The number of sulfonamides is 1. The molecular formula is C15H12ClNO5S. The summed E-state index contributed by atoms with van der Waals surface area (Å²) in [7, 11) is -2.59. The van der Waals surface area contributed by atoms with E-state index in [9.17, 15) is 18.0 Å². The van der Waals surface area contributed by atoms with E-state index in [0.717, 1.165) is 0 Å². The Morgan fingerprint density at radius 2 is 1.96 bits per heavy atom. The molecule has 0 aliphatic rings.